The molecule has 90 valence electrons. The maximum Gasteiger partial charge on any atom is 0.309 e. The minimum absolute atomic E-state index is 0.0171. The van der Waals surface area contributed by atoms with E-state index >= 15 is 0 Å². The van der Waals surface area contributed by atoms with Crippen molar-refractivity contribution in [3.05, 3.63) is 0 Å². The predicted molar refractivity (Wildman–Crippen MR) is 62.8 cm³/mol. The van der Waals surface area contributed by atoms with E-state index in [0.29, 0.717) is 0 Å². The van der Waals surface area contributed by atoms with Crippen molar-refractivity contribution in [2.24, 2.45) is 5.92 Å². The second-order valence-corrected chi connectivity index (χ2v) is 4.02. The monoisotopic (exact) mass is 215 g/mol. The van der Waals surface area contributed by atoms with E-state index in [4.69, 9.17) is 4.74 Å². The van der Waals surface area contributed by atoms with Gasteiger partial charge in [-0.05, 0) is 19.5 Å². The summed E-state index contributed by atoms with van der Waals surface area (Å²) in [4.78, 5) is 13.6. The number of ether oxygens (including phenoxy) is 1. The molecule has 3 heteroatoms. The quantitative estimate of drug-likeness (QED) is 0.459. The lowest BCUT2D eigenvalue weighted by molar-refractivity contribution is -0.145. The smallest absolute Gasteiger partial charge is 0.309 e. The lowest BCUT2D eigenvalue weighted by Gasteiger charge is -2.22. The van der Waals surface area contributed by atoms with Gasteiger partial charge in [-0.25, -0.2) is 0 Å². The highest BCUT2D eigenvalue weighted by Gasteiger charge is 2.16. The molecule has 0 aliphatic carbocycles. The third kappa shape index (κ3) is 6.50. The Kier molecular flexibility index (Phi) is 8.38. The number of esters is 1. The van der Waals surface area contributed by atoms with Gasteiger partial charge in [-0.15, -0.1) is 0 Å². The SMILES string of the molecule is CCCCCN(CC)CC(C)C(=O)OC. The van der Waals surface area contributed by atoms with Gasteiger partial charge in [-0.1, -0.05) is 33.6 Å². The van der Waals surface area contributed by atoms with Gasteiger partial charge < -0.3 is 9.64 Å². The van der Waals surface area contributed by atoms with E-state index in [2.05, 4.69) is 18.7 Å². The van der Waals surface area contributed by atoms with Gasteiger partial charge in [0, 0.05) is 6.54 Å². The molecule has 0 fully saturated rings. The first-order valence-electron chi connectivity index (χ1n) is 5.95. The van der Waals surface area contributed by atoms with Crippen molar-refractivity contribution >= 4 is 5.97 Å². The third-order valence-electron chi connectivity index (χ3n) is 2.66. The Bertz CT molecular complexity index is 171. The van der Waals surface area contributed by atoms with Crippen LogP contribution in [0.5, 0.6) is 0 Å². The highest BCUT2D eigenvalue weighted by molar-refractivity contribution is 5.72. The Balaban J connectivity index is 3.81. The minimum Gasteiger partial charge on any atom is -0.469 e. The van der Waals surface area contributed by atoms with E-state index < -0.39 is 0 Å². The molecule has 0 amide bonds. The number of hydrogen-bond acceptors (Lipinski definition) is 3. The predicted octanol–water partition coefficient (Wildman–Crippen LogP) is 2.31. The average molecular weight is 215 g/mol. The van der Waals surface area contributed by atoms with Crippen LogP contribution in [0.1, 0.15) is 40.0 Å². The van der Waals surface area contributed by atoms with Crippen molar-refractivity contribution in [1.82, 2.24) is 4.90 Å². The van der Waals surface area contributed by atoms with Gasteiger partial charge in [0.15, 0.2) is 0 Å². The normalized spacial score (nSPS) is 12.9. The van der Waals surface area contributed by atoms with Gasteiger partial charge in [0.05, 0.1) is 13.0 Å². The Hall–Kier alpha value is -0.570. The lowest BCUT2D eigenvalue weighted by Crippen LogP contribution is -2.33. The van der Waals surface area contributed by atoms with Gasteiger partial charge >= 0.3 is 5.97 Å². The number of methoxy groups -OCH3 is 1. The molecule has 3 nitrogen and oxygen atoms in total. The molecule has 0 aliphatic heterocycles. The van der Waals surface area contributed by atoms with Gasteiger partial charge in [0.25, 0.3) is 0 Å². The molecule has 0 saturated carbocycles. The van der Waals surface area contributed by atoms with Crippen LogP contribution >= 0.6 is 0 Å². The molecule has 0 aromatic heterocycles. The van der Waals surface area contributed by atoms with E-state index in [-0.39, 0.29) is 11.9 Å². The summed E-state index contributed by atoms with van der Waals surface area (Å²) >= 11 is 0. The second-order valence-electron chi connectivity index (χ2n) is 4.02. The van der Waals surface area contributed by atoms with Crippen LogP contribution in [-0.4, -0.2) is 37.6 Å². The van der Waals surface area contributed by atoms with Crippen molar-refractivity contribution < 1.29 is 9.53 Å². The van der Waals surface area contributed by atoms with Crippen LogP contribution in [0.15, 0.2) is 0 Å². The zero-order chi connectivity index (χ0) is 11.7. The van der Waals surface area contributed by atoms with E-state index in [0.717, 1.165) is 19.6 Å². The van der Waals surface area contributed by atoms with Crippen molar-refractivity contribution in [2.75, 3.05) is 26.7 Å². The summed E-state index contributed by atoms with van der Waals surface area (Å²) in [6.07, 6.45) is 3.73. The van der Waals surface area contributed by atoms with Gasteiger partial charge in [0.2, 0.25) is 0 Å². The summed E-state index contributed by atoms with van der Waals surface area (Å²) in [6.45, 7) is 9.17. The topological polar surface area (TPSA) is 29.5 Å². The minimum atomic E-state index is -0.107. The fraction of sp³-hybridized carbons (Fsp3) is 0.917. The first-order valence-corrected chi connectivity index (χ1v) is 5.95. The summed E-state index contributed by atoms with van der Waals surface area (Å²) in [5, 5.41) is 0. The highest BCUT2D eigenvalue weighted by Crippen LogP contribution is 2.04. The number of rotatable bonds is 8. The van der Waals surface area contributed by atoms with Crippen LogP contribution in [0.4, 0.5) is 0 Å². The lowest BCUT2D eigenvalue weighted by atomic mass is 10.1. The number of carbonyl (C=O) groups excluding carboxylic acids is 1. The largest absolute Gasteiger partial charge is 0.469 e. The molecule has 0 spiro atoms. The van der Waals surface area contributed by atoms with Gasteiger partial charge in [-0.2, -0.15) is 0 Å². The van der Waals surface area contributed by atoms with Crippen molar-refractivity contribution in [1.29, 1.82) is 0 Å². The van der Waals surface area contributed by atoms with Crippen LogP contribution < -0.4 is 0 Å². The molecule has 1 atom stereocenters. The standard InChI is InChI=1S/C12H25NO2/c1-5-7-8-9-13(6-2)10-11(3)12(14)15-4/h11H,5-10H2,1-4H3. The summed E-state index contributed by atoms with van der Waals surface area (Å²) < 4.78 is 4.72. The highest BCUT2D eigenvalue weighted by atomic mass is 16.5. The number of nitrogens with zero attached hydrogens (tertiary/aromatic N) is 1. The molecule has 1 unspecified atom stereocenters. The maximum atomic E-state index is 11.2. The molecule has 0 rings (SSSR count). The molecule has 0 heterocycles. The van der Waals surface area contributed by atoms with Crippen LogP contribution in [-0.2, 0) is 9.53 Å². The van der Waals surface area contributed by atoms with Crippen molar-refractivity contribution in [2.45, 2.75) is 40.0 Å². The first-order chi connectivity index (χ1) is 7.15. The molecular weight excluding hydrogens is 190 g/mol. The molecule has 15 heavy (non-hydrogen) atoms. The number of carbonyl (C=O) groups is 1. The Morgan fingerprint density at radius 2 is 2.00 bits per heavy atom. The van der Waals surface area contributed by atoms with E-state index in [1.807, 2.05) is 6.92 Å². The Morgan fingerprint density at radius 3 is 2.47 bits per heavy atom. The van der Waals surface area contributed by atoms with E-state index in [1.54, 1.807) is 0 Å². The molecule has 0 saturated heterocycles. The van der Waals surface area contributed by atoms with Crippen molar-refractivity contribution in [3.8, 4) is 0 Å². The summed E-state index contributed by atoms with van der Waals surface area (Å²) in [5.74, 6) is -0.125. The van der Waals surface area contributed by atoms with E-state index in [9.17, 15) is 4.79 Å². The van der Waals surface area contributed by atoms with Gasteiger partial charge in [0.1, 0.15) is 0 Å². The molecule has 0 radical (unpaired) electrons. The third-order valence-corrected chi connectivity index (χ3v) is 2.66. The fourth-order valence-corrected chi connectivity index (χ4v) is 1.63. The van der Waals surface area contributed by atoms with Crippen LogP contribution in [0, 0.1) is 5.92 Å². The zero-order valence-corrected chi connectivity index (χ0v) is 10.6. The Labute approximate surface area is 93.8 Å². The van der Waals surface area contributed by atoms with E-state index in [1.165, 1.54) is 26.4 Å². The zero-order valence-electron chi connectivity index (χ0n) is 10.6. The summed E-state index contributed by atoms with van der Waals surface area (Å²) in [5.41, 5.74) is 0. The first kappa shape index (κ1) is 14.4. The molecule has 0 N–H and O–H groups in total. The molecule has 0 aromatic rings. The number of unbranched alkanes of at least 4 members (excludes halogenated alkanes) is 2. The Morgan fingerprint density at radius 1 is 1.33 bits per heavy atom. The van der Waals surface area contributed by atoms with Crippen LogP contribution in [0.3, 0.4) is 0 Å². The fourth-order valence-electron chi connectivity index (χ4n) is 1.63. The molecule has 0 aromatic carbocycles. The van der Waals surface area contributed by atoms with Crippen LogP contribution in [0.25, 0.3) is 0 Å². The molecule has 0 bridgehead atoms. The molecular formula is C12H25NO2. The summed E-state index contributed by atoms with van der Waals surface area (Å²) in [7, 11) is 1.45. The van der Waals surface area contributed by atoms with Crippen molar-refractivity contribution in [3.63, 3.8) is 0 Å². The summed E-state index contributed by atoms with van der Waals surface area (Å²) in [6, 6.07) is 0. The maximum absolute atomic E-state index is 11.2. The van der Waals surface area contributed by atoms with Crippen LogP contribution in [0.2, 0.25) is 0 Å². The van der Waals surface area contributed by atoms with Gasteiger partial charge in [-0.3, -0.25) is 4.79 Å². The number of hydrogen-bond donors (Lipinski definition) is 0. The molecule has 0 aliphatic rings. The average Bonchev–Trinajstić information content (AvgIpc) is 2.26. The second kappa shape index (κ2) is 8.72.